The average molecular weight is 393 g/mol. The Morgan fingerprint density at radius 3 is 2.26 bits per heavy atom. The van der Waals surface area contributed by atoms with E-state index in [0.29, 0.717) is 10.6 Å². The molecule has 0 spiro atoms. The van der Waals surface area contributed by atoms with Crippen LogP contribution in [0.1, 0.15) is 14.5 Å². The zero-order valence-corrected chi connectivity index (χ0v) is 15.9. The molecule has 0 bridgehead atoms. The van der Waals surface area contributed by atoms with Gasteiger partial charge in [0, 0.05) is 21.8 Å². The summed E-state index contributed by atoms with van der Waals surface area (Å²) in [5.41, 5.74) is 4.05. The average Bonchev–Trinajstić information content (AvgIpc) is 3.35. The number of nitrogens with one attached hydrogen (secondary N) is 1. The van der Waals surface area contributed by atoms with Gasteiger partial charge in [0.25, 0.3) is 0 Å². The van der Waals surface area contributed by atoms with Crippen molar-refractivity contribution in [3.05, 3.63) is 82.6 Å². The molecule has 4 aromatic rings. The van der Waals surface area contributed by atoms with Gasteiger partial charge >= 0.3 is 5.97 Å². The largest absolute Gasteiger partial charge is 0.477 e. The number of benzene rings is 2. The predicted octanol–water partition coefficient (Wildman–Crippen LogP) is 5.80. The molecule has 2 aromatic carbocycles. The first-order valence-corrected chi connectivity index (χ1v) is 10.2. The molecule has 27 heavy (non-hydrogen) atoms. The quantitative estimate of drug-likeness (QED) is 0.407. The number of aromatic nitrogens is 2. The van der Waals surface area contributed by atoms with Crippen LogP contribution >= 0.6 is 23.1 Å². The number of H-pyrrole nitrogens is 1. The molecule has 0 atom stereocenters. The van der Waals surface area contributed by atoms with E-state index in [1.807, 2.05) is 42.5 Å². The third-order valence-corrected chi connectivity index (χ3v) is 6.19. The Bertz CT molecular complexity index is 999. The van der Waals surface area contributed by atoms with Gasteiger partial charge in [0.15, 0.2) is 5.16 Å². The lowest BCUT2D eigenvalue weighted by Gasteiger charge is -2.02. The second kappa shape index (κ2) is 7.82. The van der Waals surface area contributed by atoms with E-state index < -0.39 is 5.97 Å². The lowest BCUT2D eigenvalue weighted by atomic mass is 10.1. The van der Waals surface area contributed by atoms with Crippen LogP contribution < -0.4 is 0 Å². The van der Waals surface area contributed by atoms with Gasteiger partial charge in [0.2, 0.25) is 0 Å². The highest BCUT2D eigenvalue weighted by Crippen LogP contribution is 2.34. The standard InChI is InChI=1S/C21H16N2O2S2/c24-20(25)17-12-11-16(27-17)13-26-21-22-18(14-7-3-1-4-8-14)19(23-21)15-9-5-2-6-10-15/h1-12H,13H2,(H,22,23)(H,24,25). The van der Waals surface area contributed by atoms with Crippen LogP contribution in [0, 0.1) is 0 Å². The van der Waals surface area contributed by atoms with Gasteiger partial charge in [-0.3, -0.25) is 0 Å². The number of hydrogen-bond donors (Lipinski definition) is 2. The fraction of sp³-hybridized carbons (Fsp3) is 0.0476. The van der Waals surface area contributed by atoms with Crippen molar-refractivity contribution in [1.29, 1.82) is 0 Å². The molecule has 2 aromatic heterocycles. The number of carboxylic acid groups (broad SMARTS) is 1. The second-order valence-electron chi connectivity index (χ2n) is 5.86. The number of aromatic carboxylic acids is 1. The van der Waals surface area contributed by atoms with Gasteiger partial charge in [-0.15, -0.1) is 11.3 Å². The Morgan fingerprint density at radius 2 is 1.63 bits per heavy atom. The van der Waals surface area contributed by atoms with Crippen LogP contribution in [0.15, 0.2) is 78.0 Å². The summed E-state index contributed by atoms with van der Waals surface area (Å²) in [7, 11) is 0. The SMILES string of the molecule is O=C(O)c1ccc(CSc2nc(-c3ccccc3)c(-c3ccccc3)[nH]2)s1. The van der Waals surface area contributed by atoms with Crippen molar-refractivity contribution in [2.24, 2.45) is 0 Å². The highest BCUT2D eigenvalue weighted by atomic mass is 32.2. The van der Waals surface area contributed by atoms with E-state index in [9.17, 15) is 4.79 Å². The minimum absolute atomic E-state index is 0.361. The molecule has 2 heterocycles. The van der Waals surface area contributed by atoms with E-state index in [-0.39, 0.29) is 0 Å². The first kappa shape index (κ1) is 17.6. The summed E-state index contributed by atoms with van der Waals surface area (Å²) in [6.45, 7) is 0. The molecule has 0 unspecified atom stereocenters. The number of rotatable bonds is 6. The summed E-state index contributed by atoms with van der Waals surface area (Å²) in [6, 6.07) is 23.8. The van der Waals surface area contributed by atoms with Crippen LogP contribution in [-0.2, 0) is 5.75 Å². The van der Waals surface area contributed by atoms with E-state index in [4.69, 9.17) is 10.1 Å². The molecule has 4 rings (SSSR count). The van der Waals surface area contributed by atoms with Gasteiger partial charge < -0.3 is 10.1 Å². The fourth-order valence-corrected chi connectivity index (χ4v) is 4.51. The Balaban J connectivity index is 1.63. The van der Waals surface area contributed by atoms with Crippen molar-refractivity contribution >= 4 is 29.1 Å². The molecule has 0 aliphatic carbocycles. The monoisotopic (exact) mass is 392 g/mol. The van der Waals surface area contributed by atoms with Crippen LogP contribution in [0.25, 0.3) is 22.5 Å². The van der Waals surface area contributed by atoms with Gasteiger partial charge in [-0.1, -0.05) is 72.4 Å². The molecule has 2 N–H and O–H groups in total. The first-order chi connectivity index (χ1) is 13.2. The number of hydrogen-bond acceptors (Lipinski definition) is 4. The molecule has 6 heteroatoms. The fourth-order valence-electron chi connectivity index (χ4n) is 2.75. The summed E-state index contributed by atoms with van der Waals surface area (Å²) in [5.74, 6) is -0.208. The van der Waals surface area contributed by atoms with Crippen molar-refractivity contribution in [2.45, 2.75) is 10.9 Å². The number of thioether (sulfide) groups is 1. The topological polar surface area (TPSA) is 66.0 Å². The summed E-state index contributed by atoms with van der Waals surface area (Å²) in [5, 5.41) is 9.88. The van der Waals surface area contributed by atoms with Crippen LogP contribution in [0.5, 0.6) is 0 Å². The van der Waals surface area contributed by atoms with Crippen molar-refractivity contribution in [2.75, 3.05) is 0 Å². The smallest absolute Gasteiger partial charge is 0.345 e. The molecule has 4 nitrogen and oxygen atoms in total. The van der Waals surface area contributed by atoms with Crippen molar-refractivity contribution in [3.63, 3.8) is 0 Å². The molecule has 0 saturated carbocycles. The minimum atomic E-state index is -0.882. The Kier molecular flexibility index (Phi) is 5.09. The second-order valence-corrected chi connectivity index (χ2v) is 7.99. The molecule has 0 aliphatic heterocycles. The van der Waals surface area contributed by atoms with E-state index in [1.54, 1.807) is 17.8 Å². The van der Waals surface area contributed by atoms with Gasteiger partial charge in [-0.05, 0) is 12.1 Å². The molecule has 0 aliphatic rings. The van der Waals surface area contributed by atoms with Gasteiger partial charge in [0.05, 0.1) is 11.4 Å². The third kappa shape index (κ3) is 3.97. The lowest BCUT2D eigenvalue weighted by Crippen LogP contribution is -1.89. The summed E-state index contributed by atoms with van der Waals surface area (Å²) < 4.78 is 0. The van der Waals surface area contributed by atoms with Crippen LogP contribution in [0.2, 0.25) is 0 Å². The number of aromatic amines is 1. The zero-order valence-electron chi connectivity index (χ0n) is 14.3. The lowest BCUT2D eigenvalue weighted by molar-refractivity contribution is 0.0702. The molecule has 0 amide bonds. The number of carboxylic acids is 1. The minimum Gasteiger partial charge on any atom is -0.477 e. The van der Waals surface area contributed by atoms with E-state index >= 15 is 0 Å². The van der Waals surface area contributed by atoms with Crippen LogP contribution in [-0.4, -0.2) is 21.0 Å². The predicted molar refractivity (Wildman–Crippen MR) is 110 cm³/mol. The van der Waals surface area contributed by atoms with E-state index in [2.05, 4.69) is 29.2 Å². The zero-order chi connectivity index (χ0) is 18.6. The Labute approximate surface area is 164 Å². The third-order valence-electron chi connectivity index (χ3n) is 4.02. The van der Waals surface area contributed by atoms with Crippen molar-refractivity contribution in [3.8, 4) is 22.5 Å². The number of thiophene rings is 1. The number of nitrogens with zero attached hydrogens (tertiary/aromatic N) is 1. The number of carbonyl (C=O) groups is 1. The maximum Gasteiger partial charge on any atom is 0.345 e. The highest BCUT2D eigenvalue weighted by molar-refractivity contribution is 7.98. The van der Waals surface area contributed by atoms with E-state index in [0.717, 1.165) is 32.5 Å². The normalized spacial score (nSPS) is 10.8. The Morgan fingerprint density at radius 1 is 0.963 bits per heavy atom. The first-order valence-electron chi connectivity index (χ1n) is 8.36. The van der Waals surface area contributed by atoms with Crippen molar-refractivity contribution in [1.82, 2.24) is 9.97 Å². The molecular weight excluding hydrogens is 376 g/mol. The van der Waals surface area contributed by atoms with Crippen molar-refractivity contribution < 1.29 is 9.90 Å². The van der Waals surface area contributed by atoms with Crippen LogP contribution in [0.4, 0.5) is 0 Å². The molecule has 0 saturated heterocycles. The van der Waals surface area contributed by atoms with Gasteiger partial charge in [0.1, 0.15) is 4.88 Å². The molecular formula is C21H16N2O2S2. The Hall–Kier alpha value is -2.83. The molecule has 0 radical (unpaired) electrons. The molecule has 0 fully saturated rings. The van der Waals surface area contributed by atoms with Gasteiger partial charge in [-0.25, -0.2) is 9.78 Å². The molecule has 134 valence electrons. The summed E-state index contributed by atoms with van der Waals surface area (Å²) in [6.07, 6.45) is 0. The maximum atomic E-state index is 11.0. The summed E-state index contributed by atoms with van der Waals surface area (Å²) in [4.78, 5) is 20.7. The highest BCUT2D eigenvalue weighted by Gasteiger charge is 2.15. The maximum absolute atomic E-state index is 11.0. The summed E-state index contributed by atoms with van der Waals surface area (Å²) >= 11 is 2.88. The number of imidazole rings is 1. The van der Waals surface area contributed by atoms with Crippen LogP contribution in [0.3, 0.4) is 0 Å². The van der Waals surface area contributed by atoms with Gasteiger partial charge in [-0.2, -0.15) is 0 Å². The van der Waals surface area contributed by atoms with E-state index in [1.165, 1.54) is 11.3 Å².